The van der Waals surface area contributed by atoms with Crippen molar-refractivity contribution in [3.8, 4) is 6.07 Å². The van der Waals surface area contributed by atoms with Gasteiger partial charge in [0, 0.05) is 25.7 Å². The predicted octanol–water partition coefficient (Wildman–Crippen LogP) is 2.03. The summed E-state index contributed by atoms with van der Waals surface area (Å²) in [6.45, 7) is 1.23. The fourth-order valence-electron chi connectivity index (χ4n) is 2.35. The van der Waals surface area contributed by atoms with Crippen LogP contribution in [0.2, 0.25) is 10.0 Å². The second-order valence-corrected chi connectivity index (χ2v) is 8.83. The number of rotatable bonds is 7. The van der Waals surface area contributed by atoms with Gasteiger partial charge in [-0.2, -0.15) is 14.7 Å². The van der Waals surface area contributed by atoms with Crippen molar-refractivity contribution in [2.75, 3.05) is 18.9 Å². The number of amides is 1. The maximum Gasteiger partial charge on any atom is 0.287 e. The third-order valence-corrected chi connectivity index (χ3v) is 6.68. The van der Waals surface area contributed by atoms with Crippen molar-refractivity contribution in [2.24, 2.45) is 0 Å². The summed E-state index contributed by atoms with van der Waals surface area (Å²) in [6, 6.07) is 6.29. The molecule has 0 aliphatic heterocycles. The summed E-state index contributed by atoms with van der Waals surface area (Å²) < 4.78 is 27.4. The quantitative estimate of drug-likeness (QED) is 0.677. The van der Waals surface area contributed by atoms with Gasteiger partial charge in [0.05, 0.1) is 22.2 Å². The number of nitrogens with one attached hydrogen (secondary N) is 1. The molecule has 154 valence electrons. The number of carbonyl (C=O) groups is 1. The maximum absolute atomic E-state index is 12.7. The van der Waals surface area contributed by atoms with E-state index in [0.29, 0.717) is 5.56 Å². The molecule has 12 heteroatoms. The molecule has 2 aromatic rings. The molecule has 0 bridgehead atoms. The Bertz CT molecular complexity index is 1140. The van der Waals surface area contributed by atoms with Crippen LogP contribution in [0.1, 0.15) is 12.0 Å². The molecule has 2 rings (SSSR count). The Morgan fingerprint density at radius 2 is 2.07 bits per heavy atom. The highest BCUT2D eigenvalue weighted by atomic mass is 35.5. The van der Waals surface area contributed by atoms with Crippen LogP contribution in [-0.2, 0) is 21.4 Å². The first-order chi connectivity index (χ1) is 13.6. The minimum Gasteiger partial charge on any atom is -0.324 e. The van der Waals surface area contributed by atoms with Crippen molar-refractivity contribution < 1.29 is 13.2 Å². The van der Waals surface area contributed by atoms with Gasteiger partial charge in [-0.1, -0.05) is 29.3 Å². The van der Waals surface area contributed by atoms with E-state index >= 15 is 0 Å². The highest BCUT2D eigenvalue weighted by molar-refractivity contribution is 7.89. The number of aromatic nitrogens is 2. The van der Waals surface area contributed by atoms with Crippen LogP contribution in [0, 0.1) is 18.3 Å². The zero-order valence-electron chi connectivity index (χ0n) is 15.5. The molecule has 0 atom stereocenters. The number of sulfonamides is 1. The fourth-order valence-corrected chi connectivity index (χ4v) is 4.03. The monoisotopic (exact) mass is 457 g/mol. The lowest BCUT2D eigenvalue weighted by atomic mass is 10.2. The van der Waals surface area contributed by atoms with E-state index < -0.39 is 28.0 Å². The van der Waals surface area contributed by atoms with Gasteiger partial charge in [-0.25, -0.2) is 13.1 Å². The molecular weight excluding hydrogens is 441 g/mol. The predicted molar refractivity (Wildman–Crippen MR) is 108 cm³/mol. The van der Waals surface area contributed by atoms with Gasteiger partial charge < -0.3 is 5.32 Å². The number of hydrogen-bond acceptors (Lipinski definition) is 6. The van der Waals surface area contributed by atoms with Gasteiger partial charge in [0.2, 0.25) is 15.9 Å². The van der Waals surface area contributed by atoms with Gasteiger partial charge in [0.25, 0.3) is 5.56 Å². The molecule has 0 aliphatic carbocycles. The Balaban J connectivity index is 2.24. The molecule has 0 aliphatic rings. The smallest absolute Gasteiger partial charge is 0.287 e. The van der Waals surface area contributed by atoms with Crippen LogP contribution in [0.5, 0.6) is 0 Å². The van der Waals surface area contributed by atoms with Crippen LogP contribution < -0.4 is 10.9 Å². The number of nitriles is 1. The van der Waals surface area contributed by atoms with Crippen molar-refractivity contribution in [2.45, 2.75) is 24.8 Å². The second kappa shape index (κ2) is 9.37. The number of nitrogens with zero attached hydrogens (tertiary/aromatic N) is 4. The zero-order valence-corrected chi connectivity index (χ0v) is 17.8. The minimum atomic E-state index is -3.84. The third-order valence-electron chi connectivity index (χ3n) is 3.93. The van der Waals surface area contributed by atoms with E-state index in [0.717, 1.165) is 15.2 Å². The summed E-state index contributed by atoms with van der Waals surface area (Å²) >= 11 is 11.4. The number of halogens is 2. The van der Waals surface area contributed by atoms with Crippen LogP contribution in [-0.4, -0.2) is 42.0 Å². The summed E-state index contributed by atoms with van der Waals surface area (Å²) in [5, 5.41) is 14.6. The maximum atomic E-state index is 12.7. The van der Waals surface area contributed by atoms with E-state index in [1.807, 2.05) is 6.07 Å². The van der Waals surface area contributed by atoms with E-state index in [-0.39, 0.29) is 33.6 Å². The van der Waals surface area contributed by atoms with Gasteiger partial charge >= 0.3 is 0 Å². The Hall–Kier alpha value is -2.45. The zero-order chi connectivity index (χ0) is 21.8. The lowest BCUT2D eigenvalue weighted by molar-refractivity contribution is -0.117. The molecular formula is C17H17Cl2N5O4S. The molecule has 0 radical (unpaired) electrons. The number of benzene rings is 1. The van der Waals surface area contributed by atoms with Crippen LogP contribution in [0.3, 0.4) is 0 Å². The van der Waals surface area contributed by atoms with Crippen molar-refractivity contribution in [3.63, 3.8) is 0 Å². The fraction of sp³-hybridized carbons (Fsp3) is 0.294. The molecule has 1 heterocycles. The average molecular weight is 458 g/mol. The Morgan fingerprint density at radius 3 is 2.72 bits per heavy atom. The molecule has 0 unspecified atom stereocenters. The molecule has 0 fully saturated rings. The Morgan fingerprint density at radius 1 is 1.38 bits per heavy atom. The number of anilines is 1. The summed E-state index contributed by atoms with van der Waals surface area (Å²) in [5.74, 6) is -0.608. The standard InChI is InChI=1S/C17H17Cl2N5O4S/c1-11-4-5-12(8-14(11)29(27,28)23(2)7-3-6-20)22-15(25)10-24-17(26)16(19)13(18)9-21-24/h4-5,8-9H,3,7,10H2,1-2H3,(H,22,25). The molecule has 0 saturated carbocycles. The van der Waals surface area contributed by atoms with Crippen molar-refractivity contribution in [1.82, 2.24) is 14.1 Å². The third kappa shape index (κ3) is 5.33. The lowest BCUT2D eigenvalue weighted by Crippen LogP contribution is -2.30. The first kappa shape index (κ1) is 22.8. The van der Waals surface area contributed by atoms with E-state index in [1.54, 1.807) is 13.0 Å². The van der Waals surface area contributed by atoms with Crippen molar-refractivity contribution in [3.05, 3.63) is 50.4 Å². The van der Waals surface area contributed by atoms with Gasteiger partial charge in [-0.3, -0.25) is 9.59 Å². The van der Waals surface area contributed by atoms with Crippen LogP contribution in [0.4, 0.5) is 5.69 Å². The van der Waals surface area contributed by atoms with Crippen molar-refractivity contribution >= 4 is 44.8 Å². The van der Waals surface area contributed by atoms with Crippen LogP contribution in [0.25, 0.3) is 0 Å². The largest absolute Gasteiger partial charge is 0.324 e. The van der Waals surface area contributed by atoms with E-state index in [4.69, 9.17) is 28.5 Å². The second-order valence-electron chi connectivity index (χ2n) is 6.03. The highest BCUT2D eigenvalue weighted by Gasteiger charge is 2.23. The molecule has 1 amide bonds. The first-order valence-corrected chi connectivity index (χ1v) is 10.4. The van der Waals surface area contributed by atoms with E-state index in [9.17, 15) is 18.0 Å². The van der Waals surface area contributed by atoms with Gasteiger partial charge in [-0.15, -0.1) is 0 Å². The molecule has 9 nitrogen and oxygen atoms in total. The van der Waals surface area contributed by atoms with Crippen molar-refractivity contribution in [1.29, 1.82) is 5.26 Å². The van der Waals surface area contributed by atoms with Crippen LogP contribution in [0.15, 0.2) is 34.1 Å². The van der Waals surface area contributed by atoms with E-state index in [1.165, 1.54) is 19.2 Å². The van der Waals surface area contributed by atoms with Gasteiger partial charge in [0.1, 0.15) is 11.6 Å². The minimum absolute atomic E-state index is 0.000527. The molecule has 0 spiro atoms. The highest BCUT2D eigenvalue weighted by Crippen LogP contribution is 2.23. The molecule has 1 N–H and O–H groups in total. The van der Waals surface area contributed by atoms with Crippen LogP contribution >= 0.6 is 23.2 Å². The normalized spacial score (nSPS) is 11.3. The first-order valence-electron chi connectivity index (χ1n) is 8.23. The van der Waals surface area contributed by atoms with E-state index in [2.05, 4.69) is 10.4 Å². The number of hydrogen-bond donors (Lipinski definition) is 1. The van der Waals surface area contributed by atoms with Gasteiger partial charge in [0.15, 0.2) is 0 Å². The summed E-state index contributed by atoms with van der Waals surface area (Å²) in [5.41, 5.74) is -0.0178. The average Bonchev–Trinajstić information content (AvgIpc) is 2.67. The molecule has 0 saturated heterocycles. The molecule has 1 aromatic carbocycles. The Labute approximate surface area is 177 Å². The SMILES string of the molecule is Cc1ccc(NC(=O)Cn2ncc(Cl)c(Cl)c2=O)cc1S(=O)(=O)N(C)CCC#N. The Kier molecular flexibility index (Phi) is 7.37. The number of aryl methyl sites for hydroxylation is 1. The lowest BCUT2D eigenvalue weighted by Gasteiger charge is -2.18. The topological polar surface area (TPSA) is 125 Å². The summed E-state index contributed by atoms with van der Waals surface area (Å²) in [6.07, 6.45) is 1.20. The molecule has 29 heavy (non-hydrogen) atoms. The molecule has 1 aromatic heterocycles. The van der Waals surface area contributed by atoms with Gasteiger partial charge in [-0.05, 0) is 24.6 Å². The summed E-state index contributed by atoms with van der Waals surface area (Å²) in [7, 11) is -2.47. The number of carbonyl (C=O) groups excluding carboxylic acids is 1. The summed E-state index contributed by atoms with van der Waals surface area (Å²) in [4.78, 5) is 24.2.